The zero-order valence-corrected chi connectivity index (χ0v) is 27.8. The fraction of sp³-hybridized carbons (Fsp3) is 0.467. The summed E-state index contributed by atoms with van der Waals surface area (Å²) < 4.78 is 6.79. The molecule has 208 valence electrons. The molecule has 0 aliphatic carbocycles. The van der Waals surface area contributed by atoms with Crippen LogP contribution in [0.25, 0.3) is 0 Å². The van der Waals surface area contributed by atoms with Crippen LogP contribution in [0.2, 0.25) is 0 Å². The van der Waals surface area contributed by atoms with Crippen LogP contribution in [0.4, 0.5) is 0 Å². The Bertz CT molecular complexity index is 1310. The molecule has 0 spiro atoms. The quantitative estimate of drug-likeness (QED) is 0.187. The zero-order valence-electron chi connectivity index (χ0n) is 24.6. The van der Waals surface area contributed by atoms with Crippen LogP contribution in [0, 0.1) is 38.5 Å². The smallest absolute Gasteiger partial charge is 0.192 e. The van der Waals surface area contributed by atoms with E-state index in [9.17, 15) is 0 Å². The molecule has 0 N–H and O–H groups in total. The summed E-state index contributed by atoms with van der Waals surface area (Å²) in [6.45, 7) is 21.7. The molecule has 9 heteroatoms. The van der Waals surface area contributed by atoms with Crippen molar-refractivity contribution in [3.63, 3.8) is 0 Å². The third-order valence-corrected chi connectivity index (χ3v) is 9.55. The lowest BCUT2D eigenvalue weighted by molar-refractivity contribution is 0.390. The molecule has 0 unspecified atom stereocenters. The minimum atomic E-state index is 0.100. The van der Waals surface area contributed by atoms with E-state index in [1.807, 2.05) is 39.8 Å². The highest BCUT2D eigenvalue weighted by atomic mass is 32.2. The van der Waals surface area contributed by atoms with E-state index in [2.05, 4.69) is 72.2 Å². The van der Waals surface area contributed by atoms with E-state index < -0.39 is 0 Å². The van der Waals surface area contributed by atoms with Crippen molar-refractivity contribution in [1.29, 1.82) is 0 Å². The van der Waals surface area contributed by atoms with Gasteiger partial charge in [0.05, 0.1) is 0 Å². The van der Waals surface area contributed by atoms with Crippen molar-refractivity contribution >= 4 is 46.2 Å². The largest absolute Gasteiger partial charge is 0.435 e. The van der Waals surface area contributed by atoms with Gasteiger partial charge in [-0.1, -0.05) is 41.5 Å². The Morgan fingerprint density at radius 2 is 0.949 bits per heavy atom. The standard InChI is InChI=1S/C30H38N4OS4/c1-17-11-18(2)32-27(31-17)38-23-15-36-25(21(23)13-29(5,6)7)35-26-22(14-30(8,9)10)24(16-37-26)39-28-33-19(3)12-20(4)34-28/h11-12,15-16H,13-14H2,1-10H3. The maximum atomic E-state index is 6.79. The second kappa shape index (κ2) is 11.9. The minimum absolute atomic E-state index is 0.100. The SMILES string of the molecule is Cc1cc(C)nc(Sc2csc(Oc3scc(Sc4nc(C)cc(C)n4)c3CC(C)(C)C)c2CC(C)(C)C)n1. The van der Waals surface area contributed by atoms with Crippen molar-refractivity contribution in [2.45, 2.75) is 102 Å². The molecular formula is C30H38N4OS4. The Morgan fingerprint density at radius 1 is 0.615 bits per heavy atom. The molecule has 0 aromatic carbocycles. The van der Waals surface area contributed by atoms with Gasteiger partial charge < -0.3 is 4.74 Å². The second-order valence-corrected chi connectivity index (χ2v) is 16.1. The Balaban J connectivity index is 1.70. The summed E-state index contributed by atoms with van der Waals surface area (Å²) >= 11 is 6.58. The molecule has 4 aromatic heterocycles. The summed E-state index contributed by atoms with van der Waals surface area (Å²) in [4.78, 5) is 21.0. The van der Waals surface area contributed by atoms with Gasteiger partial charge in [0.1, 0.15) is 0 Å². The van der Waals surface area contributed by atoms with Crippen molar-refractivity contribution in [3.8, 4) is 10.1 Å². The molecule has 0 bridgehead atoms. The van der Waals surface area contributed by atoms with E-state index in [4.69, 9.17) is 4.74 Å². The first kappa shape index (κ1) is 30.0. The van der Waals surface area contributed by atoms with E-state index in [0.717, 1.165) is 56.1 Å². The molecule has 4 heterocycles. The summed E-state index contributed by atoms with van der Waals surface area (Å²) in [6, 6.07) is 4.02. The molecule has 0 radical (unpaired) electrons. The van der Waals surface area contributed by atoms with Crippen molar-refractivity contribution in [3.05, 3.63) is 56.8 Å². The Morgan fingerprint density at radius 3 is 1.26 bits per heavy atom. The second-order valence-electron chi connectivity index (χ2n) is 12.4. The van der Waals surface area contributed by atoms with Gasteiger partial charge in [-0.2, -0.15) is 0 Å². The first-order chi connectivity index (χ1) is 18.1. The number of nitrogens with zero attached hydrogens (tertiary/aromatic N) is 4. The highest BCUT2D eigenvalue weighted by Crippen LogP contribution is 2.48. The van der Waals surface area contributed by atoms with Crippen LogP contribution < -0.4 is 4.74 Å². The molecule has 4 rings (SSSR count). The molecule has 0 aliphatic heterocycles. The number of aromatic nitrogens is 4. The third kappa shape index (κ3) is 8.52. The van der Waals surface area contributed by atoms with Crippen molar-refractivity contribution < 1.29 is 4.74 Å². The first-order valence-corrected chi connectivity index (χ1v) is 16.4. The number of thiophene rings is 2. The number of hydrogen-bond acceptors (Lipinski definition) is 9. The van der Waals surface area contributed by atoms with Gasteiger partial charge in [-0.25, -0.2) is 19.9 Å². The molecule has 4 aromatic rings. The maximum absolute atomic E-state index is 6.79. The summed E-state index contributed by atoms with van der Waals surface area (Å²) in [7, 11) is 0. The van der Waals surface area contributed by atoms with Crippen LogP contribution in [-0.2, 0) is 12.8 Å². The van der Waals surface area contributed by atoms with E-state index >= 15 is 0 Å². The third-order valence-electron chi connectivity index (χ3n) is 5.56. The normalized spacial score (nSPS) is 12.3. The molecule has 0 amide bonds. The summed E-state index contributed by atoms with van der Waals surface area (Å²) in [5.41, 5.74) is 6.58. The fourth-order valence-corrected chi connectivity index (χ4v) is 8.39. The number of rotatable bonds is 8. The summed E-state index contributed by atoms with van der Waals surface area (Å²) in [6.07, 6.45) is 1.80. The molecule has 0 fully saturated rings. The van der Waals surface area contributed by atoms with Gasteiger partial charge >= 0.3 is 0 Å². The van der Waals surface area contributed by atoms with Crippen LogP contribution >= 0.6 is 46.2 Å². The van der Waals surface area contributed by atoms with Crippen LogP contribution in [0.3, 0.4) is 0 Å². The van der Waals surface area contributed by atoms with Gasteiger partial charge in [-0.15, -0.1) is 22.7 Å². The monoisotopic (exact) mass is 598 g/mol. The molecule has 5 nitrogen and oxygen atoms in total. The van der Waals surface area contributed by atoms with Crippen molar-refractivity contribution in [2.24, 2.45) is 10.8 Å². The number of aryl methyl sites for hydroxylation is 4. The van der Waals surface area contributed by atoms with Crippen LogP contribution in [0.1, 0.15) is 75.4 Å². The summed E-state index contributed by atoms with van der Waals surface area (Å²) in [5.74, 6) is 0. The Labute approximate surface area is 249 Å². The Kier molecular flexibility index (Phi) is 9.15. The Hall–Kier alpha value is -1.94. The maximum Gasteiger partial charge on any atom is 0.192 e. The van der Waals surface area contributed by atoms with Gasteiger partial charge in [0.2, 0.25) is 0 Å². The lowest BCUT2D eigenvalue weighted by Gasteiger charge is -2.21. The van der Waals surface area contributed by atoms with Crippen LogP contribution in [0.5, 0.6) is 10.1 Å². The van der Waals surface area contributed by atoms with Crippen LogP contribution in [-0.4, -0.2) is 19.9 Å². The topological polar surface area (TPSA) is 60.8 Å². The van der Waals surface area contributed by atoms with E-state index in [0.29, 0.717) is 0 Å². The number of ether oxygens (including phenoxy) is 1. The fourth-order valence-electron chi connectivity index (χ4n) is 4.18. The first-order valence-electron chi connectivity index (χ1n) is 13.0. The van der Waals surface area contributed by atoms with Crippen molar-refractivity contribution in [1.82, 2.24) is 19.9 Å². The predicted molar refractivity (Wildman–Crippen MR) is 166 cm³/mol. The van der Waals surface area contributed by atoms with Gasteiger partial charge in [-0.3, -0.25) is 0 Å². The van der Waals surface area contributed by atoms with Gasteiger partial charge in [0.25, 0.3) is 0 Å². The van der Waals surface area contributed by atoms with Gasteiger partial charge in [0.15, 0.2) is 20.4 Å². The molecular weight excluding hydrogens is 561 g/mol. The van der Waals surface area contributed by atoms with Crippen molar-refractivity contribution in [2.75, 3.05) is 0 Å². The van der Waals surface area contributed by atoms with Gasteiger partial charge in [0, 0.05) is 54.5 Å². The highest BCUT2D eigenvalue weighted by molar-refractivity contribution is 7.99. The number of hydrogen-bond donors (Lipinski definition) is 0. The minimum Gasteiger partial charge on any atom is -0.435 e. The molecule has 0 saturated heterocycles. The van der Waals surface area contributed by atoms with E-state index in [1.165, 1.54) is 20.9 Å². The van der Waals surface area contributed by atoms with E-state index in [1.54, 1.807) is 46.2 Å². The molecule has 39 heavy (non-hydrogen) atoms. The lowest BCUT2D eigenvalue weighted by Crippen LogP contribution is -2.11. The molecule has 0 atom stereocenters. The highest BCUT2D eigenvalue weighted by Gasteiger charge is 2.26. The average Bonchev–Trinajstić information content (AvgIpc) is 3.29. The summed E-state index contributed by atoms with van der Waals surface area (Å²) in [5, 5.41) is 7.85. The molecule has 0 saturated carbocycles. The average molecular weight is 599 g/mol. The zero-order chi connectivity index (χ0) is 28.5. The lowest BCUT2D eigenvalue weighted by atomic mass is 9.89. The molecule has 0 aliphatic rings. The van der Waals surface area contributed by atoms with E-state index in [-0.39, 0.29) is 10.8 Å². The predicted octanol–water partition coefficient (Wildman–Crippen LogP) is 9.90. The van der Waals surface area contributed by atoms with Gasteiger partial charge in [-0.05, 0) is 87.0 Å². The van der Waals surface area contributed by atoms with Crippen LogP contribution in [0.15, 0.2) is 43.0 Å².